The number of benzene rings is 4. The lowest BCUT2D eigenvalue weighted by Gasteiger charge is -2.09. The van der Waals surface area contributed by atoms with Gasteiger partial charge < -0.3 is 19.5 Å². The van der Waals surface area contributed by atoms with E-state index in [1.54, 1.807) is 97.1 Å². The van der Waals surface area contributed by atoms with Crippen molar-refractivity contribution in [2.45, 2.75) is 0 Å². The quantitative estimate of drug-likeness (QED) is 0.113. The van der Waals surface area contributed by atoms with Gasteiger partial charge in [0, 0.05) is 5.56 Å². The molecule has 0 atom stereocenters. The number of rotatable bonds is 8. The number of hydrogen-bond donors (Lipinski definition) is 2. The lowest BCUT2D eigenvalue weighted by molar-refractivity contribution is -0.117. The Morgan fingerprint density at radius 2 is 1.40 bits per heavy atom. The lowest BCUT2D eigenvalue weighted by atomic mass is 10.1. The van der Waals surface area contributed by atoms with Gasteiger partial charge in [-0.05, 0) is 77.9 Å². The molecule has 1 aliphatic rings. The maximum atomic E-state index is 13.0. The largest absolute Gasteiger partial charge is 0.454 e. The molecule has 5 rings (SSSR count). The number of ether oxygens (including phenoxy) is 3. The fraction of sp³-hybridized carbons (Fsp3) is 0.0323. The summed E-state index contributed by atoms with van der Waals surface area (Å²) in [6.45, 7) is 0.117. The van der Waals surface area contributed by atoms with Gasteiger partial charge in [0.05, 0.1) is 11.8 Å². The summed E-state index contributed by atoms with van der Waals surface area (Å²) >= 11 is 0. The molecule has 0 saturated carbocycles. The van der Waals surface area contributed by atoms with Crippen molar-refractivity contribution in [3.63, 3.8) is 0 Å². The molecule has 40 heavy (non-hydrogen) atoms. The van der Waals surface area contributed by atoms with Gasteiger partial charge in [-0.2, -0.15) is 5.10 Å². The summed E-state index contributed by atoms with van der Waals surface area (Å²) in [6.07, 6.45) is 2.95. The molecular weight excluding hydrogens is 510 g/mol. The van der Waals surface area contributed by atoms with Crippen LogP contribution in [0.3, 0.4) is 0 Å². The van der Waals surface area contributed by atoms with Crippen molar-refractivity contribution >= 4 is 30.1 Å². The molecule has 0 radical (unpaired) electrons. The molecule has 0 unspecified atom stereocenters. The maximum Gasteiger partial charge on any atom is 0.343 e. The van der Waals surface area contributed by atoms with Crippen LogP contribution in [0.15, 0.2) is 114 Å². The van der Waals surface area contributed by atoms with E-state index in [-0.39, 0.29) is 12.5 Å². The van der Waals surface area contributed by atoms with Gasteiger partial charge in [0.15, 0.2) is 11.5 Å². The molecule has 2 amide bonds. The maximum absolute atomic E-state index is 13.0. The second-order valence-electron chi connectivity index (χ2n) is 8.51. The normalized spacial score (nSPS) is 12.2. The molecule has 9 heteroatoms. The monoisotopic (exact) mass is 533 g/mol. The summed E-state index contributed by atoms with van der Waals surface area (Å²) in [6, 6.07) is 29.0. The zero-order chi connectivity index (χ0) is 27.7. The number of hydrogen-bond acceptors (Lipinski definition) is 7. The first-order chi connectivity index (χ1) is 19.5. The molecule has 0 aromatic heterocycles. The van der Waals surface area contributed by atoms with Crippen LogP contribution in [0.25, 0.3) is 6.08 Å². The topological polar surface area (TPSA) is 115 Å². The standard InChI is InChI=1S/C31H23N3O6/c35-29(23-7-3-1-4-8-23)33-26(17-22-13-16-27-28(18-22)39-20-38-27)30(36)34-32-19-21-11-14-25(15-12-21)40-31(37)24-9-5-2-6-10-24/h1-19H,20H2,(H,33,35)(H,34,36)/b26-17-,32-19-. The molecule has 0 fully saturated rings. The van der Waals surface area contributed by atoms with Crippen LogP contribution in [-0.2, 0) is 4.79 Å². The van der Waals surface area contributed by atoms with E-state index in [1.165, 1.54) is 12.3 Å². The molecule has 0 bridgehead atoms. The number of carbonyl (C=O) groups is 3. The molecule has 1 heterocycles. The third-order valence-electron chi connectivity index (χ3n) is 5.72. The Morgan fingerprint density at radius 1 is 0.750 bits per heavy atom. The first-order valence-electron chi connectivity index (χ1n) is 12.2. The van der Waals surface area contributed by atoms with Gasteiger partial charge in [-0.15, -0.1) is 0 Å². The molecular formula is C31H23N3O6. The number of fused-ring (bicyclic) bond motifs is 1. The number of amides is 2. The molecule has 0 saturated heterocycles. The zero-order valence-electron chi connectivity index (χ0n) is 21.1. The average molecular weight is 534 g/mol. The Balaban J connectivity index is 1.26. The SMILES string of the molecule is O=C(N/N=C\c1ccc(OC(=O)c2ccccc2)cc1)/C(=C/c1ccc2c(c1)OCO2)NC(=O)c1ccccc1. The van der Waals surface area contributed by atoms with Gasteiger partial charge in [-0.25, -0.2) is 10.2 Å². The second-order valence-corrected chi connectivity index (χ2v) is 8.51. The minimum atomic E-state index is -0.633. The summed E-state index contributed by atoms with van der Waals surface area (Å²) < 4.78 is 16.1. The van der Waals surface area contributed by atoms with Crippen LogP contribution >= 0.6 is 0 Å². The van der Waals surface area contributed by atoms with Crippen LogP contribution in [-0.4, -0.2) is 30.8 Å². The van der Waals surface area contributed by atoms with E-state index in [1.807, 2.05) is 6.07 Å². The smallest absolute Gasteiger partial charge is 0.343 e. The van der Waals surface area contributed by atoms with E-state index in [4.69, 9.17) is 14.2 Å². The van der Waals surface area contributed by atoms with E-state index < -0.39 is 17.8 Å². The summed E-state index contributed by atoms with van der Waals surface area (Å²) in [7, 11) is 0. The van der Waals surface area contributed by atoms with Crippen LogP contribution in [0.1, 0.15) is 31.8 Å². The molecule has 1 aliphatic heterocycles. The Labute approximate surface area is 229 Å². The van der Waals surface area contributed by atoms with Crippen molar-refractivity contribution in [3.05, 3.63) is 131 Å². The Bertz CT molecular complexity index is 1580. The van der Waals surface area contributed by atoms with Crippen LogP contribution in [0.5, 0.6) is 17.2 Å². The first kappa shape index (κ1) is 25.9. The van der Waals surface area contributed by atoms with Crippen LogP contribution in [0.4, 0.5) is 0 Å². The van der Waals surface area contributed by atoms with Crippen LogP contribution in [0.2, 0.25) is 0 Å². The van der Waals surface area contributed by atoms with Crippen LogP contribution in [0, 0.1) is 0 Å². The van der Waals surface area contributed by atoms with Gasteiger partial charge in [-0.3, -0.25) is 9.59 Å². The molecule has 4 aromatic carbocycles. The molecule has 9 nitrogen and oxygen atoms in total. The fourth-order valence-corrected chi connectivity index (χ4v) is 3.70. The van der Waals surface area contributed by atoms with Crippen molar-refractivity contribution in [2.24, 2.45) is 5.10 Å². The van der Waals surface area contributed by atoms with E-state index in [9.17, 15) is 14.4 Å². The molecule has 0 spiro atoms. The third-order valence-corrected chi connectivity index (χ3v) is 5.72. The summed E-state index contributed by atoms with van der Waals surface area (Å²) in [5.41, 5.74) is 4.52. The lowest BCUT2D eigenvalue weighted by Crippen LogP contribution is -2.32. The van der Waals surface area contributed by atoms with Gasteiger partial charge in [0.25, 0.3) is 11.8 Å². The van der Waals surface area contributed by atoms with E-state index in [2.05, 4.69) is 15.8 Å². The van der Waals surface area contributed by atoms with Crippen molar-refractivity contribution < 1.29 is 28.6 Å². The van der Waals surface area contributed by atoms with Gasteiger partial charge in [-0.1, -0.05) is 42.5 Å². The first-order valence-corrected chi connectivity index (χ1v) is 12.2. The van der Waals surface area contributed by atoms with E-state index >= 15 is 0 Å². The van der Waals surface area contributed by atoms with Gasteiger partial charge in [0.1, 0.15) is 11.4 Å². The number of esters is 1. The zero-order valence-corrected chi connectivity index (χ0v) is 21.1. The molecule has 0 aliphatic carbocycles. The fourth-order valence-electron chi connectivity index (χ4n) is 3.70. The van der Waals surface area contributed by atoms with Crippen molar-refractivity contribution in [1.29, 1.82) is 0 Å². The number of hydrazone groups is 1. The van der Waals surface area contributed by atoms with E-state index in [0.717, 1.165) is 0 Å². The minimum absolute atomic E-state index is 0.0203. The summed E-state index contributed by atoms with van der Waals surface area (Å²) in [5.74, 6) is -0.0408. The molecule has 4 aromatic rings. The van der Waals surface area contributed by atoms with Crippen molar-refractivity contribution in [3.8, 4) is 17.2 Å². The van der Waals surface area contributed by atoms with E-state index in [0.29, 0.717) is 39.5 Å². The van der Waals surface area contributed by atoms with Crippen molar-refractivity contribution in [2.75, 3.05) is 6.79 Å². The number of nitrogens with one attached hydrogen (secondary N) is 2. The number of nitrogens with zero attached hydrogens (tertiary/aromatic N) is 1. The van der Waals surface area contributed by atoms with Crippen molar-refractivity contribution in [1.82, 2.24) is 10.7 Å². The summed E-state index contributed by atoms with van der Waals surface area (Å²) in [5, 5.41) is 6.66. The second kappa shape index (κ2) is 12.2. The summed E-state index contributed by atoms with van der Waals surface area (Å²) in [4.78, 5) is 38.0. The molecule has 198 valence electrons. The highest BCUT2D eigenvalue weighted by atomic mass is 16.7. The predicted octanol–water partition coefficient (Wildman–Crippen LogP) is 4.56. The third kappa shape index (κ3) is 6.59. The highest BCUT2D eigenvalue weighted by Crippen LogP contribution is 2.33. The average Bonchev–Trinajstić information content (AvgIpc) is 3.46. The predicted molar refractivity (Wildman–Crippen MR) is 148 cm³/mol. The Kier molecular flexibility index (Phi) is 7.93. The Hall–Kier alpha value is -5.70. The highest BCUT2D eigenvalue weighted by Gasteiger charge is 2.17. The number of carbonyl (C=O) groups excluding carboxylic acids is 3. The molecule has 2 N–H and O–H groups in total. The van der Waals surface area contributed by atoms with Gasteiger partial charge in [0.2, 0.25) is 6.79 Å². The Morgan fingerprint density at radius 3 is 2.12 bits per heavy atom. The minimum Gasteiger partial charge on any atom is -0.454 e. The highest BCUT2D eigenvalue weighted by molar-refractivity contribution is 6.05. The van der Waals surface area contributed by atoms with Gasteiger partial charge >= 0.3 is 5.97 Å². The van der Waals surface area contributed by atoms with Crippen LogP contribution < -0.4 is 25.0 Å².